The number of aliphatic hydroxyl groups excluding tert-OH is 1. The fourth-order valence-electron chi connectivity index (χ4n) is 1.52. The number of nitrogens with one attached hydrogen (secondary N) is 1. The largest absolute Gasteiger partial charge is 0.396 e. The molecular formula is C12H19BrN2O. The van der Waals surface area contributed by atoms with Crippen LogP contribution >= 0.6 is 15.9 Å². The van der Waals surface area contributed by atoms with Crippen LogP contribution < -0.4 is 11.1 Å². The number of halogens is 1. The summed E-state index contributed by atoms with van der Waals surface area (Å²) in [6.45, 7) is 3.61. The number of nitrogens with two attached hydrogens (primary N) is 1. The van der Waals surface area contributed by atoms with Gasteiger partial charge in [0.15, 0.2) is 0 Å². The molecule has 0 bridgehead atoms. The molecule has 0 saturated heterocycles. The fourth-order valence-corrected chi connectivity index (χ4v) is 1.91. The number of rotatable bonds is 6. The Morgan fingerprint density at radius 1 is 1.50 bits per heavy atom. The summed E-state index contributed by atoms with van der Waals surface area (Å²) in [6.07, 6.45) is 0.754. The van der Waals surface area contributed by atoms with Crippen LogP contribution in [0, 0.1) is 6.92 Å². The van der Waals surface area contributed by atoms with Crippen molar-refractivity contribution in [1.82, 2.24) is 5.32 Å². The lowest BCUT2D eigenvalue weighted by atomic mass is 10.1. The number of hydrogen-bond acceptors (Lipinski definition) is 3. The van der Waals surface area contributed by atoms with Crippen LogP contribution in [-0.2, 0) is 0 Å². The van der Waals surface area contributed by atoms with Crippen molar-refractivity contribution < 1.29 is 5.11 Å². The quantitative estimate of drug-likeness (QED) is 0.698. The van der Waals surface area contributed by atoms with E-state index < -0.39 is 0 Å². The molecule has 1 aromatic rings. The van der Waals surface area contributed by atoms with Crippen molar-refractivity contribution in [2.45, 2.75) is 19.4 Å². The molecule has 4 N–H and O–H groups in total. The van der Waals surface area contributed by atoms with E-state index >= 15 is 0 Å². The maximum Gasteiger partial charge on any atom is 0.0444 e. The van der Waals surface area contributed by atoms with Gasteiger partial charge < -0.3 is 16.2 Å². The van der Waals surface area contributed by atoms with Crippen LogP contribution in [0.2, 0.25) is 0 Å². The summed E-state index contributed by atoms with van der Waals surface area (Å²) in [5, 5.41) is 12.1. The lowest BCUT2D eigenvalue weighted by Gasteiger charge is -2.17. The molecule has 16 heavy (non-hydrogen) atoms. The predicted molar refractivity (Wildman–Crippen MR) is 70.4 cm³/mol. The van der Waals surface area contributed by atoms with Crippen LogP contribution in [0.5, 0.6) is 0 Å². The first-order chi connectivity index (χ1) is 7.69. The van der Waals surface area contributed by atoms with E-state index in [2.05, 4.69) is 46.4 Å². The lowest BCUT2D eigenvalue weighted by molar-refractivity contribution is 0.283. The Morgan fingerprint density at radius 3 is 2.81 bits per heavy atom. The van der Waals surface area contributed by atoms with Gasteiger partial charge >= 0.3 is 0 Å². The summed E-state index contributed by atoms with van der Waals surface area (Å²) in [5.74, 6) is 0. The van der Waals surface area contributed by atoms with E-state index in [0.29, 0.717) is 6.54 Å². The van der Waals surface area contributed by atoms with Crippen molar-refractivity contribution in [3.05, 3.63) is 33.8 Å². The van der Waals surface area contributed by atoms with E-state index in [1.165, 1.54) is 11.1 Å². The van der Waals surface area contributed by atoms with E-state index in [0.717, 1.165) is 17.4 Å². The molecule has 0 aliphatic carbocycles. The number of hydrogen-bond donors (Lipinski definition) is 3. The average molecular weight is 287 g/mol. The molecule has 0 spiro atoms. The van der Waals surface area contributed by atoms with Crippen LogP contribution in [-0.4, -0.2) is 24.8 Å². The third-order valence-electron chi connectivity index (χ3n) is 2.56. The molecule has 3 nitrogen and oxygen atoms in total. The number of aliphatic hydroxyl groups is 1. The molecule has 0 aliphatic heterocycles. The van der Waals surface area contributed by atoms with Gasteiger partial charge in [0, 0.05) is 23.7 Å². The van der Waals surface area contributed by atoms with Crippen LogP contribution in [0.15, 0.2) is 22.7 Å². The van der Waals surface area contributed by atoms with Gasteiger partial charge in [-0.15, -0.1) is 0 Å². The Labute approximate surface area is 105 Å². The lowest BCUT2D eigenvalue weighted by Crippen LogP contribution is -2.29. The average Bonchev–Trinajstić information content (AvgIpc) is 2.29. The van der Waals surface area contributed by atoms with E-state index in [1.54, 1.807) is 0 Å². The third-order valence-corrected chi connectivity index (χ3v) is 3.41. The molecule has 0 fully saturated rings. The van der Waals surface area contributed by atoms with Gasteiger partial charge in [0.05, 0.1) is 0 Å². The molecular weight excluding hydrogens is 268 g/mol. The zero-order valence-electron chi connectivity index (χ0n) is 9.54. The summed E-state index contributed by atoms with van der Waals surface area (Å²) >= 11 is 3.52. The van der Waals surface area contributed by atoms with Gasteiger partial charge in [0.1, 0.15) is 0 Å². The first-order valence-corrected chi connectivity index (χ1v) is 6.28. The topological polar surface area (TPSA) is 58.3 Å². The molecule has 0 aliphatic rings. The highest BCUT2D eigenvalue weighted by atomic mass is 79.9. The van der Waals surface area contributed by atoms with Crippen molar-refractivity contribution in [3.8, 4) is 0 Å². The van der Waals surface area contributed by atoms with Crippen molar-refractivity contribution in [1.29, 1.82) is 0 Å². The summed E-state index contributed by atoms with van der Waals surface area (Å²) < 4.78 is 1.10. The Balaban J connectivity index is 2.67. The van der Waals surface area contributed by atoms with E-state index in [4.69, 9.17) is 10.8 Å². The highest BCUT2D eigenvalue weighted by Gasteiger charge is 2.09. The SMILES string of the molecule is Cc1ccc(C(CN)NCCCO)cc1Br. The van der Waals surface area contributed by atoms with E-state index in [9.17, 15) is 0 Å². The Bertz CT molecular complexity index is 331. The Kier molecular flexibility index (Phi) is 5.98. The molecule has 0 amide bonds. The molecule has 0 saturated carbocycles. The van der Waals surface area contributed by atoms with Gasteiger partial charge in [-0.05, 0) is 37.1 Å². The minimum Gasteiger partial charge on any atom is -0.396 e. The van der Waals surface area contributed by atoms with Crippen LogP contribution in [0.25, 0.3) is 0 Å². The molecule has 1 aromatic carbocycles. The van der Waals surface area contributed by atoms with E-state index in [1.807, 2.05) is 0 Å². The molecule has 1 unspecified atom stereocenters. The highest BCUT2D eigenvalue weighted by molar-refractivity contribution is 9.10. The van der Waals surface area contributed by atoms with Gasteiger partial charge in [-0.3, -0.25) is 0 Å². The zero-order valence-corrected chi connectivity index (χ0v) is 11.1. The Morgan fingerprint density at radius 2 is 2.25 bits per heavy atom. The summed E-state index contributed by atoms with van der Waals surface area (Å²) in [7, 11) is 0. The van der Waals surface area contributed by atoms with Crippen LogP contribution in [0.4, 0.5) is 0 Å². The highest BCUT2D eigenvalue weighted by Crippen LogP contribution is 2.21. The molecule has 0 aromatic heterocycles. The molecule has 1 atom stereocenters. The third kappa shape index (κ3) is 3.87. The minimum absolute atomic E-state index is 0.156. The second-order valence-electron chi connectivity index (χ2n) is 3.83. The van der Waals surface area contributed by atoms with Gasteiger partial charge in [-0.2, -0.15) is 0 Å². The Hall–Kier alpha value is -0.420. The second-order valence-corrected chi connectivity index (χ2v) is 4.68. The van der Waals surface area contributed by atoms with Crippen molar-refractivity contribution in [2.24, 2.45) is 5.73 Å². The summed E-state index contributed by atoms with van der Waals surface area (Å²) in [4.78, 5) is 0. The summed E-state index contributed by atoms with van der Waals surface area (Å²) in [5.41, 5.74) is 8.13. The van der Waals surface area contributed by atoms with Crippen molar-refractivity contribution in [2.75, 3.05) is 19.7 Å². The smallest absolute Gasteiger partial charge is 0.0444 e. The second kappa shape index (κ2) is 7.01. The van der Waals surface area contributed by atoms with Crippen LogP contribution in [0.1, 0.15) is 23.6 Å². The minimum atomic E-state index is 0.156. The normalized spacial score (nSPS) is 12.8. The first kappa shape index (κ1) is 13.6. The molecule has 0 radical (unpaired) electrons. The maximum absolute atomic E-state index is 8.72. The predicted octanol–water partition coefficient (Wildman–Crippen LogP) is 1.73. The van der Waals surface area contributed by atoms with Crippen LogP contribution in [0.3, 0.4) is 0 Å². The number of aryl methyl sites for hydroxylation is 1. The molecule has 4 heteroatoms. The monoisotopic (exact) mass is 286 g/mol. The molecule has 1 rings (SSSR count). The van der Waals surface area contributed by atoms with Gasteiger partial charge in [0.25, 0.3) is 0 Å². The molecule has 0 heterocycles. The summed E-state index contributed by atoms with van der Waals surface area (Å²) in [6, 6.07) is 6.42. The van der Waals surface area contributed by atoms with Gasteiger partial charge in [-0.25, -0.2) is 0 Å². The zero-order chi connectivity index (χ0) is 12.0. The van der Waals surface area contributed by atoms with E-state index in [-0.39, 0.29) is 12.6 Å². The maximum atomic E-state index is 8.72. The number of benzene rings is 1. The van der Waals surface area contributed by atoms with Crippen molar-refractivity contribution in [3.63, 3.8) is 0 Å². The fraction of sp³-hybridized carbons (Fsp3) is 0.500. The molecule has 90 valence electrons. The standard InChI is InChI=1S/C12H19BrN2O/c1-9-3-4-10(7-11(9)13)12(8-14)15-5-2-6-16/h3-4,7,12,15-16H,2,5-6,8,14H2,1H3. The van der Waals surface area contributed by atoms with Gasteiger partial charge in [-0.1, -0.05) is 28.1 Å². The first-order valence-electron chi connectivity index (χ1n) is 5.49. The van der Waals surface area contributed by atoms with Gasteiger partial charge in [0.2, 0.25) is 0 Å². The van der Waals surface area contributed by atoms with Crippen molar-refractivity contribution >= 4 is 15.9 Å².